The number of hydrogen-bond acceptors (Lipinski definition) is 4. The van der Waals surface area contributed by atoms with Crippen LogP contribution in [0.2, 0.25) is 0 Å². The molecule has 0 aliphatic carbocycles. The molecule has 5 nitrogen and oxygen atoms in total. The van der Waals surface area contributed by atoms with E-state index in [1.807, 2.05) is 12.3 Å². The van der Waals surface area contributed by atoms with Crippen molar-refractivity contribution in [3.05, 3.63) is 22.8 Å². The van der Waals surface area contributed by atoms with Crippen LogP contribution in [0, 0.1) is 5.92 Å². The summed E-state index contributed by atoms with van der Waals surface area (Å²) in [5.74, 6) is 1.83. The number of pyridine rings is 1. The minimum Gasteiger partial charge on any atom is -0.450 e. The van der Waals surface area contributed by atoms with Gasteiger partial charge in [0.05, 0.1) is 6.61 Å². The Morgan fingerprint density at radius 2 is 2.14 bits per heavy atom. The largest absolute Gasteiger partial charge is 0.450 e. The number of unbranched alkanes of at least 4 members (excludes halogenated alkanes) is 1. The predicted molar refractivity (Wildman–Crippen MR) is 86.3 cm³/mol. The van der Waals surface area contributed by atoms with Crippen molar-refractivity contribution in [2.24, 2.45) is 11.7 Å². The van der Waals surface area contributed by atoms with Crippen LogP contribution in [-0.2, 0) is 4.74 Å². The van der Waals surface area contributed by atoms with Gasteiger partial charge >= 0.3 is 6.09 Å². The summed E-state index contributed by atoms with van der Waals surface area (Å²) in [6, 6.07) is 4.10. The molecule has 1 amide bonds. The van der Waals surface area contributed by atoms with E-state index in [0.29, 0.717) is 6.61 Å². The molecule has 2 N–H and O–H groups in total. The van der Waals surface area contributed by atoms with Crippen molar-refractivity contribution >= 4 is 27.8 Å². The highest BCUT2D eigenvalue weighted by molar-refractivity contribution is 9.10. The first-order valence-corrected chi connectivity index (χ1v) is 8.23. The van der Waals surface area contributed by atoms with Gasteiger partial charge in [0.1, 0.15) is 5.82 Å². The topological polar surface area (TPSA) is 68.5 Å². The number of amides is 1. The van der Waals surface area contributed by atoms with Crippen LogP contribution >= 0.6 is 15.9 Å². The monoisotopic (exact) mass is 355 g/mol. The predicted octanol–water partition coefficient (Wildman–Crippen LogP) is 3.33. The van der Waals surface area contributed by atoms with Gasteiger partial charge in [-0.3, -0.25) is 0 Å². The molecule has 0 unspecified atom stereocenters. The Balaban J connectivity index is 1.64. The third-order valence-corrected chi connectivity index (χ3v) is 4.37. The summed E-state index contributed by atoms with van der Waals surface area (Å²) in [6.07, 6.45) is 6.77. The zero-order chi connectivity index (χ0) is 15.1. The van der Waals surface area contributed by atoms with E-state index in [1.165, 1.54) is 19.3 Å². The van der Waals surface area contributed by atoms with Gasteiger partial charge in [-0.1, -0.05) is 6.42 Å². The number of nitrogens with two attached hydrogens (primary N) is 1. The van der Waals surface area contributed by atoms with Gasteiger partial charge in [-0.25, -0.2) is 9.78 Å². The van der Waals surface area contributed by atoms with Gasteiger partial charge in [-0.15, -0.1) is 0 Å². The fourth-order valence-electron chi connectivity index (χ4n) is 2.71. The summed E-state index contributed by atoms with van der Waals surface area (Å²) in [7, 11) is 0. The standard InChI is InChI=1S/C15H22BrN3O2/c16-13-4-5-14(18-11-13)19-8-6-12(7-9-19)3-1-2-10-21-15(17)20/h4-5,11-12H,1-3,6-10H2,(H2,17,20). The van der Waals surface area contributed by atoms with Gasteiger partial charge in [0, 0.05) is 23.8 Å². The quantitative estimate of drug-likeness (QED) is 0.794. The van der Waals surface area contributed by atoms with Crippen molar-refractivity contribution in [2.45, 2.75) is 32.1 Å². The number of nitrogens with zero attached hydrogens (tertiary/aromatic N) is 2. The van der Waals surface area contributed by atoms with Crippen LogP contribution in [0.15, 0.2) is 22.8 Å². The molecule has 1 aromatic heterocycles. The highest BCUT2D eigenvalue weighted by Crippen LogP contribution is 2.25. The van der Waals surface area contributed by atoms with E-state index in [4.69, 9.17) is 10.5 Å². The Bertz CT molecular complexity index is 445. The molecule has 2 heterocycles. The molecule has 1 fully saturated rings. The number of anilines is 1. The van der Waals surface area contributed by atoms with Crippen molar-refractivity contribution in [3.63, 3.8) is 0 Å². The second-order valence-corrected chi connectivity index (χ2v) is 6.34. The maximum Gasteiger partial charge on any atom is 0.404 e. The Morgan fingerprint density at radius 3 is 2.76 bits per heavy atom. The molecule has 2 rings (SSSR count). The second-order valence-electron chi connectivity index (χ2n) is 5.43. The lowest BCUT2D eigenvalue weighted by molar-refractivity contribution is 0.153. The van der Waals surface area contributed by atoms with Gasteiger partial charge in [0.15, 0.2) is 0 Å². The lowest BCUT2D eigenvalue weighted by Crippen LogP contribution is -2.34. The van der Waals surface area contributed by atoms with Crippen LogP contribution in [0.3, 0.4) is 0 Å². The van der Waals surface area contributed by atoms with Gasteiger partial charge < -0.3 is 15.4 Å². The summed E-state index contributed by atoms with van der Waals surface area (Å²) in [5.41, 5.74) is 4.92. The third-order valence-electron chi connectivity index (χ3n) is 3.90. The number of primary amides is 1. The fraction of sp³-hybridized carbons (Fsp3) is 0.600. The summed E-state index contributed by atoms with van der Waals surface area (Å²) in [6.45, 7) is 2.57. The molecule has 21 heavy (non-hydrogen) atoms. The molecule has 1 saturated heterocycles. The van der Waals surface area contributed by atoms with E-state index in [-0.39, 0.29) is 0 Å². The van der Waals surface area contributed by atoms with Crippen LogP contribution in [0.5, 0.6) is 0 Å². The van der Waals surface area contributed by atoms with Crippen LogP contribution < -0.4 is 10.6 Å². The zero-order valence-electron chi connectivity index (χ0n) is 12.1. The number of aromatic nitrogens is 1. The van der Waals surface area contributed by atoms with Crippen LogP contribution in [-0.4, -0.2) is 30.8 Å². The number of hydrogen-bond donors (Lipinski definition) is 1. The maximum atomic E-state index is 10.4. The van der Waals surface area contributed by atoms with Crippen molar-refractivity contribution in [2.75, 3.05) is 24.6 Å². The Hall–Kier alpha value is -1.30. The Kier molecular flexibility index (Phi) is 6.29. The van der Waals surface area contributed by atoms with Crippen molar-refractivity contribution in [3.8, 4) is 0 Å². The second kappa shape index (κ2) is 8.22. The Morgan fingerprint density at radius 1 is 1.38 bits per heavy atom. The minimum absolute atomic E-state index is 0.441. The molecule has 0 bridgehead atoms. The number of piperidine rings is 1. The van der Waals surface area contributed by atoms with Crippen molar-refractivity contribution in [1.82, 2.24) is 4.98 Å². The van der Waals surface area contributed by atoms with Gasteiger partial charge in [0.25, 0.3) is 0 Å². The number of rotatable bonds is 6. The normalized spacial score (nSPS) is 16.0. The first kappa shape index (κ1) is 16.1. The van der Waals surface area contributed by atoms with Crippen LogP contribution in [0.4, 0.5) is 10.6 Å². The average molecular weight is 356 g/mol. The number of halogens is 1. The van der Waals surface area contributed by atoms with E-state index >= 15 is 0 Å². The molecule has 0 radical (unpaired) electrons. The van der Waals surface area contributed by atoms with Crippen molar-refractivity contribution in [1.29, 1.82) is 0 Å². The van der Waals surface area contributed by atoms with E-state index in [2.05, 4.69) is 31.9 Å². The molecular weight excluding hydrogens is 334 g/mol. The highest BCUT2D eigenvalue weighted by Gasteiger charge is 2.19. The SMILES string of the molecule is NC(=O)OCCCCC1CCN(c2ccc(Br)cn2)CC1. The molecule has 0 spiro atoms. The fourth-order valence-corrected chi connectivity index (χ4v) is 2.95. The van der Waals surface area contributed by atoms with Crippen LogP contribution in [0.25, 0.3) is 0 Å². The molecule has 1 aliphatic rings. The van der Waals surface area contributed by atoms with Gasteiger partial charge in [-0.05, 0) is 59.7 Å². The maximum absolute atomic E-state index is 10.4. The molecule has 0 aromatic carbocycles. The zero-order valence-corrected chi connectivity index (χ0v) is 13.7. The van der Waals surface area contributed by atoms with Crippen molar-refractivity contribution < 1.29 is 9.53 Å². The first-order valence-electron chi connectivity index (χ1n) is 7.44. The molecular formula is C15H22BrN3O2. The number of carbonyl (C=O) groups excluding carboxylic acids is 1. The molecule has 6 heteroatoms. The van der Waals surface area contributed by atoms with E-state index in [1.54, 1.807) is 0 Å². The molecule has 0 saturated carbocycles. The third kappa shape index (κ3) is 5.53. The van der Waals surface area contributed by atoms with Gasteiger partial charge in [0.2, 0.25) is 0 Å². The molecule has 0 atom stereocenters. The van der Waals surface area contributed by atoms with Gasteiger partial charge in [-0.2, -0.15) is 0 Å². The lowest BCUT2D eigenvalue weighted by atomic mass is 9.91. The molecule has 1 aromatic rings. The summed E-state index contributed by atoms with van der Waals surface area (Å²) >= 11 is 3.41. The van der Waals surface area contributed by atoms with E-state index in [0.717, 1.165) is 42.1 Å². The number of ether oxygens (including phenoxy) is 1. The smallest absolute Gasteiger partial charge is 0.404 e. The lowest BCUT2D eigenvalue weighted by Gasteiger charge is -2.32. The first-order chi connectivity index (χ1) is 10.1. The summed E-state index contributed by atoms with van der Waals surface area (Å²) in [5, 5.41) is 0. The minimum atomic E-state index is -0.676. The molecule has 1 aliphatic heterocycles. The van der Waals surface area contributed by atoms with Crippen LogP contribution in [0.1, 0.15) is 32.1 Å². The van der Waals surface area contributed by atoms with E-state index < -0.39 is 6.09 Å². The molecule has 116 valence electrons. The number of carbonyl (C=O) groups is 1. The highest BCUT2D eigenvalue weighted by atomic mass is 79.9. The summed E-state index contributed by atoms with van der Waals surface area (Å²) < 4.78 is 5.75. The summed E-state index contributed by atoms with van der Waals surface area (Å²) in [4.78, 5) is 17.2. The van der Waals surface area contributed by atoms with E-state index in [9.17, 15) is 4.79 Å². The average Bonchev–Trinajstić information content (AvgIpc) is 2.48. The Labute approximate surface area is 134 Å².